The number of benzene rings is 1. The number of aromatic hydroxyl groups is 1. The highest BCUT2D eigenvalue weighted by Crippen LogP contribution is 2.22. The second kappa shape index (κ2) is 4.14. The molecule has 0 aliphatic heterocycles. The molecule has 0 bridgehead atoms. The molecule has 0 fully saturated rings. The molecule has 0 spiro atoms. The van der Waals surface area contributed by atoms with Crippen LogP contribution >= 0.6 is 0 Å². The highest BCUT2D eigenvalue weighted by molar-refractivity contribution is 5.51. The largest absolute Gasteiger partial charge is 0.508 e. The Labute approximate surface area is 78.8 Å². The average Bonchev–Trinajstić information content (AvgIpc) is 2.08. The lowest BCUT2D eigenvalue weighted by atomic mass is 10.1. The van der Waals surface area contributed by atoms with Gasteiger partial charge in [0.1, 0.15) is 5.75 Å². The minimum Gasteiger partial charge on any atom is -0.508 e. The van der Waals surface area contributed by atoms with E-state index in [1.54, 1.807) is 6.07 Å². The summed E-state index contributed by atoms with van der Waals surface area (Å²) in [6.07, 6.45) is 0.716. The summed E-state index contributed by atoms with van der Waals surface area (Å²) in [6, 6.07) is 5.55. The average molecular weight is 180 g/mol. The Balaban J connectivity index is 2.97. The maximum atomic E-state index is 9.47. The van der Waals surface area contributed by atoms with Crippen LogP contribution in [0.2, 0.25) is 0 Å². The van der Waals surface area contributed by atoms with Crippen molar-refractivity contribution < 1.29 is 5.11 Å². The molecule has 0 amide bonds. The van der Waals surface area contributed by atoms with Crippen LogP contribution in [0.25, 0.3) is 0 Å². The van der Waals surface area contributed by atoms with E-state index in [0.29, 0.717) is 18.7 Å². The highest BCUT2D eigenvalue weighted by Gasteiger charge is 2.02. The Morgan fingerprint density at radius 2 is 2.08 bits per heavy atom. The van der Waals surface area contributed by atoms with Crippen LogP contribution in [0.4, 0.5) is 5.69 Å². The van der Waals surface area contributed by atoms with Crippen molar-refractivity contribution in [1.82, 2.24) is 0 Å². The molecule has 13 heavy (non-hydrogen) atoms. The Hall–Kier alpha value is -1.22. The van der Waals surface area contributed by atoms with Crippen LogP contribution < -0.4 is 10.6 Å². The molecule has 1 aromatic carbocycles. The van der Waals surface area contributed by atoms with Gasteiger partial charge in [-0.15, -0.1) is 0 Å². The smallest absolute Gasteiger partial charge is 0.118 e. The second-order valence-corrected chi connectivity index (χ2v) is 3.25. The summed E-state index contributed by atoms with van der Waals surface area (Å²) >= 11 is 0. The molecule has 3 nitrogen and oxygen atoms in total. The lowest BCUT2D eigenvalue weighted by Crippen LogP contribution is -2.09. The van der Waals surface area contributed by atoms with E-state index in [2.05, 4.69) is 0 Å². The van der Waals surface area contributed by atoms with Crippen LogP contribution in [-0.4, -0.2) is 25.7 Å². The maximum Gasteiger partial charge on any atom is 0.118 e. The number of nitrogens with zero attached hydrogens (tertiary/aromatic N) is 1. The van der Waals surface area contributed by atoms with Crippen molar-refractivity contribution in [1.29, 1.82) is 0 Å². The molecule has 0 aliphatic rings. The van der Waals surface area contributed by atoms with Crippen molar-refractivity contribution in [3.63, 3.8) is 0 Å². The topological polar surface area (TPSA) is 49.5 Å². The summed E-state index contributed by atoms with van der Waals surface area (Å²) in [6.45, 7) is 0.560. The van der Waals surface area contributed by atoms with Crippen LogP contribution in [0.5, 0.6) is 5.75 Å². The highest BCUT2D eigenvalue weighted by atomic mass is 16.3. The first-order valence-corrected chi connectivity index (χ1v) is 4.34. The minimum absolute atomic E-state index is 0.330. The van der Waals surface area contributed by atoms with E-state index in [1.165, 1.54) is 0 Å². The quantitative estimate of drug-likeness (QED) is 0.728. The second-order valence-electron chi connectivity index (χ2n) is 3.25. The number of hydrogen-bond donors (Lipinski definition) is 2. The summed E-state index contributed by atoms with van der Waals surface area (Å²) in [4.78, 5) is 2.00. The number of phenolic OH excluding ortho intramolecular Hbond substituents is 1. The number of hydrogen-bond acceptors (Lipinski definition) is 3. The molecule has 1 rings (SSSR count). The van der Waals surface area contributed by atoms with Crippen molar-refractivity contribution in [2.24, 2.45) is 5.73 Å². The molecule has 0 aromatic heterocycles. The monoisotopic (exact) mass is 180 g/mol. The zero-order valence-electron chi connectivity index (χ0n) is 8.12. The van der Waals surface area contributed by atoms with Gasteiger partial charge in [0.05, 0.1) is 0 Å². The fraction of sp³-hybridized carbons (Fsp3) is 0.400. The van der Waals surface area contributed by atoms with E-state index in [-0.39, 0.29) is 0 Å². The summed E-state index contributed by atoms with van der Waals surface area (Å²) in [5.74, 6) is 0.330. The molecule has 1 aromatic rings. The molecule has 3 N–H and O–H groups in total. The van der Waals surface area contributed by atoms with Gasteiger partial charge >= 0.3 is 0 Å². The zero-order chi connectivity index (χ0) is 9.84. The van der Waals surface area contributed by atoms with Crippen molar-refractivity contribution in [2.75, 3.05) is 25.5 Å². The third-order valence-corrected chi connectivity index (χ3v) is 1.99. The van der Waals surface area contributed by atoms with Crippen LogP contribution in [-0.2, 0) is 6.42 Å². The molecule has 72 valence electrons. The molecule has 0 heterocycles. The van der Waals surface area contributed by atoms with Gasteiger partial charge in [-0.3, -0.25) is 0 Å². The molecular formula is C10H16N2O. The predicted molar refractivity (Wildman–Crippen MR) is 55.2 cm³/mol. The van der Waals surface area contributed by atoms with E-state index in [4.69, 9.17) is 5.73 Å². The van der Waals surface area contributed by atoms with E-state index < -0.39 is 0 Å². The first-order valence-electron chi connectivity index (χ1n) is 4.34. The van der Waals surface area contributed by atoms with E-state index in [1.807, 2.05) is 31.1 Å². The Morgan fingerprint density at radius 1 is 1.38 bits per heavy atom. The van der Waals surface area contributed by atoms with Crippen molar-refractivity contribution in [3.05, 3.63) is 23.8 Å². The molecular weight excluding hydrogens is 164 g/mol. The first-order chi connectivity index (χ1) is 6.15. The molecule has 3 heteroatoms. The van der Waals surface area contributed by atoms with E-state index in [0.717, 1.165) is 11.3 Å². The fourth-order valence-electron chi connectivity index (χ4n) is 1.21. The normalized spacial score (nSPS) is 10.1. The molecule has 0 saturated heterocycles. The molecule has 0 aliphatic carbocycles. The zero-order valence-corrected chi connectivity index (χ0v) is 8.12. The van der Waals surface area contributed by atoms with Gasteiger partial charge in [-0.05, 0) is 36.7 Å². The van der Waals surface area contributed by atoms with Crippen LogP contribution in [0, 0.1) is 0 Å². The first kappa shape index (κ1) is 9.86. The Bertz CT molecular complexity index is 284. The lowest BCUT2D eigenvalue weighted by molar-refractivity contribution is 0.468. The summed E-state index contributed by atoms with van der Waals surface area (Å²) in [5, 5.41) is 9.47. The van der Waals surface area contributed by atoms with Crippen molar-refractivity contribution in [3.8, 4) is 5.75 Å². The number of anilines is 1. The van der Waals surface area contributed by atoms with Gasteiger partial charge < -0.3 is 15.7 Å². The standard InChI is InChI=1S/C10H16N2O/c1-12(2)9-3-4-10(13)8(7-9)5-6-11/h3-4,7,13H,5-6,11H2,1-2H3. The third kappa shape index (κ3) is 2.36. The summed E-state index contributed by atoms with van der Waals surface area (Å²) in [7, 11) is 3.94. The SMILES string of the molecule is CN(C)c1ccc(O)c(CCN)c1. The molecule has 0 unspecified atom stereocenters. The van der Waals surface area contributed by atoms with Gasteiger partial charge in [0, 0.05) is 19.8 Å². The fourth-order valence-corrected chi connectivity index (χ4v) is 1.21. The summed E-state index contributed by atoms with van der Waals surface area (Å²) < 4.78 is 0. The van der Waals surface area contributed by atoms with Gasteiger partial charge in [0.15, 0.2) is 0 Å². The molecule has 0 saturated carbocycles. The van der Waals surface area contributed by atoms with Gasteiger partial charge in [-0.2, -0.15) is 0 Å². The van der Waals surface area contributed by atoms with Gasteiger partial charge in [0.2, 0.25) is 0 Å². The predicted octanol–water partition coefficient (Wildman–Crippen LogP) is 0.959. The number of rotatable bonds is 3. The Morgan fingerprint density at radius 3 is 2.62 bits per heavy atom. The van der Waals surface area contributed by atoms with Crippen LogP contribution in [0.3, 0.4) is 0 Å². The van der Waals surface area contributed by atoms with E-state index >= 15 is 0 Å². The maximum absolute atomic E-state index is 9.47. The molecule has 0 atom stereocenters. The van der Waals surface area contributed by atoms with Crippen molar-refractivity contribution in [2.45, 2.75) is 6.42 Å². The lowest BCUT2D eigenvalue weighted by Gasteiger charge is -2.14. The third-order valence-electron chi connectivity index (χ3n) is 1.99. The van der Waals surface area contributed by atoms with Gasteiger partial charge in [0.25, 0.3) is 0 Å². The van der Waals surface area contributed by atoms with Gasteiger partial charge in [-0.1, -0.05) is 0 Å². The van der Waals surface area contributed by atoms with E-state index in [9.17, 15) is 5.11 Å². The van der Waals surface area contributed by atoms with Crippen molar-refractivity contribution >= 4 is 5.69 Å². The molecule has 0 radical (unpaired) electrons. The summed E-state index contributed by atoms with van der Waals surface area (Å²) in [5.41, 5.74) is 7.43. The Kier molecular flexibility index (Phi) is 3.14. The van der Waals surface area contributed by atoms with Crippen LogP contribution in [0.15, 0.2) is 18.2 Å². The number of nitrogens with two attached hydrogens (primary N) is 1. The number of phenols is 1. The van der Waals surface area contributed by atoms with Crippen LogP contribution in [0.1, 0.15) is 5.56 Å². The minimum atomic E-state index is 0.330. The van der Waals surface area contributed by atoms with Gasteiger partial charge in [-0.25, -0.2) is 0 Å².